The smallest absolute Gasteiger partial charge is 0.252 e. The van der Waals surface area contributed by atoms with E-state index in [1.807, 2.05) is 0 Å². The summed E-state index contributed by atoms with van der Waals surface area (Å²) >= 11 is 0. The van der Waals surface area contributed by atoms with Gasteiger partial charge in [0, 0.05) is 0 Å². The zero-order valence-corrected chi connectivity index (χ0v) is 4.44. The molecule has 0 saturated heterocycles. The van der Waals surface area contributed by atoms with Crippen molar-refractivity contribution in [3.05, 3.63) is 6.33 Å². The first-order chi connectivity index (χ1) is 4.38. The minimum absolute atomic E-state index is 0.346. The largest absolute Gasteiger partial charge is 0.368 e. The molecule has 0 spiro atoms. The Morgan fingerprint density at radius 1 is 1.56 bits per heavy atom. The molecule has 0 aliphatic carbocycles. The lowest BCUT2D eigenvalue weighted by atomic mass is 11.0. The van der Waals surface area contributed by atoms with Crippen molar-refractivity contribution in [2.45, 2.75) is 0 Å². The molecular formula is C3H4N6. The standard InChI is InChI=1S/C3H4N6/c4-2-6-8-3-7-5-1-9(2)3/h1H,(H2,4,6)(H,7,8). The monoisotopic (exact) mass is 124 g/mol. The quantitative estimate of drug-likeness (QED) is 0.473. The molecule has 0 atom stereocenters. The number of nitrogens with two attached hydrogens (primary N) is 1. The van der Waals surface area contributed by atoms with E-state index in [4.69, 9.17) is 5.73 Å². The Bertz CT molecular complexity index is 317. The highest BCUT2D eigenvalue weighted by molar-refractivity contribution is 5.33. The van der Waals surface area contributed by atoms with Crippen LogP contribution in [0.4, 0.5) is 5.95 Å². The molecule has 9 heavy (non-hydrogen) atoms. The van der Waals surface area contributed by atoms with Gasteiger partial charge in [-0.3, -0.25) is 0 Å². The van der Waals surface area contributed by atoms with Crippen LogP contribution in [-0.4, -0.2) is 24.8 Å². The van der Waals surface area contributed by atoms with Crippen LogP contribution < -0.4 is 5.73 Å². The van der Waals surface area contributed by atoms with Crippen molar-refractivity contribution < 1.29 is 0 Å². The van der Waals surface area contributed by atoms with Gasteiger partial charge in [0.25, 0.3) is 5.78 Å². The van der Waals surface area contributed by atoms with E-state index in [1.54, 1.807) is 4.40 Å². The van der Waals surface area contributed by atoms with Gasteiger partial charge >= 0.3 is 0 Å². The van der Waals surface area contributed by atoms with Gasteiger partial charge < -0.3 is 5.73 Å². The maximum absolute atomic E-state index is 5.35. The lowest BCUT2D eigenvalue weighted by molar-refractivity contribution is 1.03. The van der Waals surface area contributed by atoms with Crippen molar-refractivity contribution in [3.8, 4) is 0 Å². The van der Waals surface area contributed by atoms with Gasteiger partial charge in [0.15, 0.2) is 0 Å². The lowest BCUT2D eigenvalue weighted by Gasteiger charge is -1.77. The van der Waals surface area contributed by atoms with E-state index in [-0.39, 0.29) is 0 Å². The summed E-state index contributed by atoms with van der Waals surface area (Å²) in [6.07, 6.45) is 1.52. The Balaban J connectivity index is 2.99. The van der Waals surface area contributed by atoms with Crippen molar-refractivity contribution in [2.24, 2.45) is 0 Å². The molecule has 6 heteroatoms. The van der Waals surface area contributed by atoms with E-state index in [1.165, 1.54) is 6.33 Å². The molecule has 3 N–H and O–H groups in total. The summed E-state index contributed by atoms with van der Waals surface area (Å²) in [5, 5.41) is 13.5. The van der Waals surface area contributed by atoms with Crippen LogP contribution in [0.3, 0.4) is 0 Å². The highest BCUT2D eigenvalue weighted by atomic mass is 15.4. The number of aromatic amines is 1. The highest BCUT2D eigenvalue weighted by Crippen LogP contribution is 1.97. The van der Waals surface area contributed by atoms with E-state index >= 15 is 0 Å². The summed E-state index contributed by atoms with van der Waals surface area (Å²) in [5.41, 5.74) is 5.35. The second-order valence-electron chi connectivity index (χ2n) is 1.61. The first-order valence-corrected chi connectivity index (χ1v) is 2.37. The second kappa shape index (κ2) is 1.22. The zero-order valence-electron chi connectivity index (χ0n) is 4.44. The number of nitrogens with zero attached hydrogens (tertiary/aromatic N) is 4. The minimum Gasteiger partial charge on any atom is -0.368 e. The van der Waals surface area contributed by atoms with Crippen LogP contribution in [0.5, 0.6) is 0 Å². The summed E-state index contributed by atoms with van der Waals surface area (Å²) in [4.78, 5) is 0. The number of hydrogen-bond acceptors (Lipinski definition) is 4. The molecule has 0 unspecified atom stereocenters. The third-order valence-electron chi connectivity index (χ3n) is 1.06. The average molecular weight is 124 g/mol. The molecule has 2 heterocycles. The molecule has 6 nitrogen and oxygen atoms in total. The number of aromatic nitrogens is 5. The number of H-pyrrole nitrogens is 1. The van der Waals surface area contributed by atoms with E-state index in [2.05, 4.69) is 20.4 Å². The molecule has 0 fully saturated rings. The van der Waals surface area contributed by atoms with E-state index < -0.39 is 0 Å². The van der Waals surface area contributed by atoms with Crippen molar-refractivity contribution in [1.29, 1.82) is 0 Å². The first kappa shape index (κ1) is 4.30. The summed E-state index contributed by atoms with van der Waals surface area (Å²) in [6, 6.07) is 0. The van der Waals surface area contributed by atoms with Crippen LogP contribution in [0.15, 0.2) is 6.33 Å². The molecule has 2 rings (SSSR count). The molecule has 2 aromatic heterocycles. The van der Waals surface area contributed by atoms with Gasteiger partial charge in [-0.15, -0.1) is 10.2 Å². The molecule has 0 amide bonds. The summed E-state index contributed by atoms with van der Waals surface area (Å²) in [6.45, 7) is 0. The molecule has 0 aliphatic rings. The van der Waals surface area contributed by atoms with Crippen molar-refractivity contribution >= 4 is 11.7 Å². The Hall–Kier alpha value is -1.59. The van der Waals surface area contributed by atoms with Gasteiger partial charge in [0.1, 0.15) is 6.33 Å². The summed E-state index contributed by atoms with van der Waals surface area (Å²) in [7, 11) is 0. The number of anilines is 1. The fourth-order valence-corrected chi connectivity index (χ4v) is 0.638. The van der Waals surface area contributed by atoms with Crippen LogP contribution in [0.25, 0.3) is 5.78 Å². The van der Waals surface area contributed by atoms with E-state index in [9.17, 15) is 0 Å². The minimum atomic E-state index is 0.346. The van der Waals surface area contributed by atoms with Crippen molar-refractivity contribution in [2.75, 3.05) is 5.73 Å². The molecule has 0 aromatic carbocycles. The third kappa shape index (κ3) is 0.411. The highest BCUT2D eigenvalue weighted by Gasteiger charge is 1.98. The summed E-state index contributed by atoms with van der Waals surface area (Å²) < 4.78 is 1.56. The molecule has 2 aromatic rings. The molecule has 0 bridgehead atoms. The van der Waals surface area contributed by atoms with Gasteiger partial charge in [-0.1, -0.05) is 0 Å². The Labute approximate surface area is 49.7 Å². The zero-order chi connectivity index (χ0) is 6.27. The second-order valence-corrected chi connectivity index (χ2v) is 1.61. The van der Waals surface area contributed by atoms with E-state index in [0.717, 1.165) is 0 Å². The van der Waals surface area contributed by atoms with Crippen molar-refractivity contribution in [1.82, 2.24) is 24.8 Å². The van der Waals surface area contributed by atoms with Gasteiger partial charge in [0.05, 0.1) is 0 Å². The number of fused-ring (bicyclic) bond motifs is 1. The predicted molar refractivity (Wildman–Crippen MR) is 29.5 cm³/mol. The SMILES string of the molecule is Nc1nnc2[nH]ncn12. The Morgan fingerprint density at radius 3 is 3.22 bits per heavy atom. The van der Waals surface area contributed by atoms with Crippen LogP contribution in [-0.2, 0) is 0 Å². The maximum Gasteiger partial charge on any atom is 0.252 e. The van der Waals surface area contributed by atoms with Gasteiger partial charge in [-0.25, -0.2) is 9.50 Å². The van der Waals surface area contributed by atoms with Crippen LogP contribution in [0, 0.1) is 0 Å². The maximum atomic E-state index is 5.35. The first-order valence-electron chi connectivity index (χ1n) is 2.37. The van der Waals surface area contributed by atoms with Crippen LogP contribution in [0.2, 0.25) is 0 Å². The molecular weight excluding hydrogens is 120 g/mol. The van der Waals surface area contributed by atoms with Crippen LogP contribution in [0.1, 0.15) is 0 Å². The number of nitrogens with one attached hydrogen (secondary N) is 1. The van der Waals surface area contributed by atoms with Crippen LogP contribution >= 0.6 is 0 Å². The predicted octanol–water partition coefficient (Wildman–Crippen LogP) is -0.965. The molecule has 0 aliphatic heterocycles. The number of hydrogen-bond donors (Lipinski definition) is 2. The fourth-order valence-electron chi connectivity index (χ4n) is 0.638. The van der Waals surface area contributed by atoms with Gasteiger partial charge in [0.2, 0.25) is 5.95 Å². The average Bonchev–Trinajstić information content (AvgIpc) is 2.35. The molecule has 46 valence electrons. The van der Waals surface area contributed by atoms with Gasteiger partial charge in [-0.05, 0) is 0 Å². The summed E-state index contributed by atoms with van der Waals surface area (Å²) in [5.74, 6) is 0.909. The Kier molecular flexibility index (Phi) is 0.583. The van der Waals surface area contributed by atoms with E-state index in [0.29, 0.717) is 11.7 Å². The molecule has 0 saturated carbocycles. The third-order valence-corrected chi connectivity index (χ3v) is 1.06. The Morgan fingerprint density at radius 2 is 2.44 bits per heavy atom. The lowest BCUT2D eigenvalue weighted by Crippen LogP contribution is -1.90. The topological polar surface area (TPSA) is 84.9 Å². The number of rotatable bonds is 0. The normalized spacial score (nSPS) is 10.7. The molecule has 0 radical (unpaired) electrons. The number of nitrogen functional groups attached to an aromatic ring is 1. The fraction of sp³-hybridized carbons (Fsp3) is 0. The van der Waals surface area contributed by atoms with Crippen molar-refractivity contribution in [3.63, 3.8) is 0 Å². The van der Waals surface area contributed by atoms with Gasteiger partial charge in [-0.2, -0.15) is 5.10 Å².